The number of pyridine rings is 1. The van der Waals surface area contributed by atoms with Gasteiger partial charge in [-0.25, -0.2) is 9.37 Å². The van der Waals surface area contributed by atoms with Crippen LogP contribution in [0.3, 0.4) is 0 Å². The molecule has 1 amide bonds. The van der Waals surface area contributed by atoms with Crippen LogP contribution in [0.4, 0.5) is 10.2 Å². The molecule has 0 aliphatic carbocycles. The van der Waals surface area contributed by atoms with Gasteiger partial charge in [0.1, 0.15) is 11.6 Å². The zero-order valence-electron chi connectivity index (χ0n) is 15.2. The summed E-state index contributed by atoms with van der Waals surface area (Å²) in [5, 5.41) is 6.10. The molecule has 5 heteroatoms. The van der Waals surface area contributed by atoms with Gasteiger partial charge in [0.2, 0.25) is 0 Å². The molecule has 0 atom stereocenters. The average molecular weight is 363 g/mol. The van der Waals surface area contributed by atoms with Crippen LogP contribution in [0.15, 0.2) is 66.9 Å². The van der Waals surface area contributed by atoms with Crippen LogP contribution in [0.1, 0.15) is 27.0 Å². The lowest BCUT2D eigenvalue weighted by Crippen LogP contribution is -2.23. The van der Waals surface area contributed by atoms with E-state index in [1.165, 1.54) is 17.7 Å². The number of rotatable bonds is 7. The Hall–Kier alpha value is -3.21. The highest BCUT2D eigenvalue weighted by Gasteiger charge is 2.06. The summed E-state index contributed by atoms with van der Waals surface area (Å²) >= 11 is 0. The Labute approximate surface area is 158 Å². The summed E-state index contributed by atoms with van der Waals surface area (Å²) in [6.07, 6.45) is 2.33. The molecule has 0 aliphatic heterocycles. The summed E-state index contributed by atoms with van der Waals surface area (Å²) in [4.78, 5) is 16.5. The first kappa shape index (κ1) is 18.6. The summed E-state index contributed by atoms with van der Waals surface area (Å²) in [5.41, 5.74) is 3.80. The molecule has 27 heavy (non-hydrogen) atoms. The van der Waals surface area contributed by atoms with E-state index in [9.17, 15) is 9.18 Å². The Bertz CT molecular complexity index is 892. The van der Waals surface area contributed by atoms with Gasteiger partial charge in [-0.2, -0.15) is 0 Å². The van der Waals surface area contributed by atoms with E-state index in [0.717, 1.165) is 17.5 Å². The van der Waals surface area contributed by atoms with Gasteiger partial charge in [0.15, 0.2) is 0 Å². The van der Waals surface area contributed by atoms with E-state index >= 15 is 0 Å². The van der Waals surface area contributed by atoms with E-state index < -0.39 is 0 Å². The van der Waals surface area contributed by atoms with Gasteiger partial charge in [0.05, 0.1) is 5.56 Å². The average Bonchev–Trinajstić information content (AvgIpc) is 2.68. The van der Waals surface area contributed by atoms with E-state index in [2.05, 4.69) is 15.6 Å². The van der Waals surface area contributed by atoms with Crippen molar-refractivity contribution in [2.75, 3.05) is 11.9 Å². The maximum Gasteiger partial charge on any atom is 0.253 e. The molecule has 3 rings (SSSR count). The Morgan fingerprint density at radius 3 is 2.56 bits per heavy atom. The molecule has 0 saturated carbocycles. The number of benzene rings is 2. The van der Waals surface area contributed by atoms with E-state index in [-0.39, 0.29) is 11.7 Å². The molecule has 2 aromatic carbocycles. The second-order valence-corrected chi connectivity index (χ2v) is 6.41. The second kappa shape index (κ2) is 8.94. The summed E-state index contributed by atoms with van der Waals surface area (Å²) in [7, 11) is 0. The van der Waals surface area contributed by atoms with Gasteiger partial charge in [0.25, 0.3) is 5.91 Å². The Morgan fingerprint density at radius 1 is 1.04 bits per heavy atom. The smallest absolute Gasteiger partial charge is 0.253 e. The number of aryl methyl sites for hydroxylation is 1. The molecule has 0 aliphatic rings. The maximum atomic E-state index is 12.9. The van der Waals surface area contributed by atoms with E-state index in [1.54, 1.807) is 30.5 Å². The Balaban J connectivity index is 1.47. The minimum Gasteiger partial charge on any atom is -0.370 e. The van der Waals surface area contributed by atoms with Crippen LogP contribution in [-0.2, 0) is 13.0 Å². The molecule has 0 spiro atoms. The number of anilines is 1. The van der Waals surface area contributed by atoms with E-state index in [0.29, 0.717) is 24.5 Å². The van der Waals surface area contributed by atoms with Gasteiger partial charge in [-0.3, -0.25) is 4.79 Å². The van der Waals surface area contributed by atoms with Crippen molar-refractivity contribution in [2.24, 2.45) is 0 Å². The number of carbonyl (C=O) groups excluding carboxylic acids is 1. The van der Waals surface area contributed by atoms with E-state index in [1.807, 2.05) is 31.2 Å². The highest BCUT2D eigenvalue weighted by molar-refractivity contribution is 5.94. The maximum absolute atomic E-state index is 12.9. The SMILES string of the molecule is Cc1cccc(CNC(=O)c2ccc(NCCc3ccc(F)cc3)nc2)c1. The van der Waals surface area contributed by atoms with Crippen LogP contribution in [-0.4, -0.2) is 17.4 Å². The zero-order chi connectivity index (χ0) is 19.1. The standard InChI is InChI=1S/C22H22FN3O/c1-16-3-2-4-18(13-16)14-26-22(27)19-7-10-21(25-15-19)24-12-11-17-5-8-20(23)9-6-17/h2-10,13,15H,11-12,14H2,1H3,(H,24,25)(H,26,27). The Morgan fingerprint density at radius 2 is 1.85 bits per heavy atom. The number of hydrogen-bond donors (Lipinski definition) is 2. The molecule has 3 aromatic rings. The molecule has 1 heterocycles. The van der Waals surface area contributed by atoms with Gasteiger partial charge >= 0.3 is 0 Å². The van der Waals surface area contributed by atoms with Crippen molar-refractivity contribution in [3.8, 4) is 0 Å². The number of amides is 1. The second-order valence-electron chi connectivity index (χ2n) is 6.41. The fourth-order valence-corrected chi connectivity index (χ4v) is 2.73. The third-order valence-corrected chi connectivity index (χ3v) is 4.19. The number of carbonyl (C=O) groups is 1. The summed E-state index contributed by atoms with van der Waals surface area (Å²) in [6, 6.07) is 18.0. The normalized spacial score (nSPS) is 10.4. The van der Waals surface area contributed by atoms with Crippen molar-refractivity contribution in [1.82, 2.24) is 10.3 Å². The highest BCUT2D eigenvalue weighted by atomic mass is 19.1. The first-order chi connectivity index (χ1) is 13.1. The molecule has 0 radical (unpaired) electrons. The number of nitrogens with zero attached hydrogens (tertiary/aromatic N) is 1. The molecule has 0 saturated heterocycles. The number of hydrogen-bond acceptors (Lipinski definition) is 3. The topological polar surface area (TPSA) is 54.0 Å². The van der Waals surface area contributed by atoms with Crippen molar-refractivity contribution < 1.29 is 9.18 Å². The first-order valence-corrected chi connectivity index (χ1v) is 8.88. The van der Waals surface area contributed by atoms with Crippen LogP contribution in [0.25, 0.3) is 0 Å². The van der Waals surface area contributed by atoms with Crippen LogP contribution in [0, 0.1) is 12.7 Å². The number of halogens is 1. The minimum absolute atomic E-state index is 0.151. The molecule has 1 aromatic heterocycles. The molecule has 0 fully saturated rings. The van der Waals surface area contributed by atoms with Crippen molar-refractivity contribution in [3.63, 3.8) is 0 Å². The molecule has 4 nitrogen and oxygen atoms in total. The van der Waals surface area contributed by atoms with Gasteiger partial charge < -0.3 is 10.6 Å². The number of nitrogens with one attached hydrogen (secondary N) is 2. The molecule has 138 valence electrons. The molecular weight excluding hydrogens is 341 g/mol. The minimum atomic E-state index is -0.232. The quantitative estimate of drug-likeness (QED) is 0.664. The van der Waals surface area contributed by atoms with E-state index in [4.69, 9.17) is 0 Å². The van der Waals surface area contributed by atoms with Crippen LogP contribution >= 0.6 is 0 Å². The Kier molecular flexibility index (Phi) is 6.15. The summed E-state index contributed by atoms with van der Waals surface area (Å²) in [6.45, 7) is 3.19. The number of aromatic nitrogens is 1. The third-order valence-electron chi connectivity index (χ3n) is 4.19. The van der Waals surface area contributed by atoms with Crippen LogP contribution < -0.4 is 10.6 Å². The van der Waals surface area contributed by atoms with Crippen molar-refractivity contribution >= 4 is 11.7 Å². The predicted molar refractivity (Wildman–Crippen MR) is 105 cm³/mol. The molecule has 2 N–H and O–H groups in total. The molecule has 0 bridgehead atoms. The van der Waals surface area contributed by atoms with Crippen molar-refractivity contribution in [2.45, 2.75) is 19.9 Å². The summed E-state index contributed by atoms with van der Waals surface area (Å²) < 4.78 is 12.9. The van der Waals surface area contributed by atoms with Gasteiger partial charge in [-0.1, -0.05) is 42.0 Å². The third kappa shape index (κ3) is 5.64. The lowest BCUT2D eigenvalue weighted by molar-refractivity contribution is 0.0950. The van der Waals surface area contributed by atoms with Gasteiger partial charge in [-0.05, 0) is 48.7 Å². The summed E-state index contributed by atoms with van der Waals surface area (Å²) in [5.74, 6) is 0.318. The highest BCUT2D eigenvalue weighted by Crippen LogP contribution is 2.08. The van der Waals surface area contributed by atoms with Crippen molar-refractivity contribution in [3.05, 3.63) is 94.9 Å². The predicted octanol–water partition coefficient (Wildman–Crippen LogP) is 4.11. The first-order valence-electron chi connectivity index (χ1n) is 8.88. The van der Waals surface area contributed by atoms with Gasteiger partial charge in [-0.15, -0.1) is 0 Å². The molecule has 0 unspecified atom stereocenters. The fourth-order valence-electron chi connectivity index (χ4n) is 2.73. The molecular formula is C22H22FN3O. The van der Waals surface area contributed by atoms with Crippen LogP contribution in [0.2, 0.25) is 0 Å². The monoisotopic (exact) mass is 363 g/mol. The lowest BCUT2D eigenvalue weighted by Gasteiger charge is -2.08. The largest absolute Gasteiger partial charge is 0.370 e. The fraction of sp³-hybridized carbons (Fsp3) is 0.182. The zero-order valence-corrected chi connectivity index (χ0v) is 15.2. The lowest BCUT2D eigenvalue weighted by atomic mass is 10.1. The van der Waals surface area contributed by atoms with Crippen LogP contribution in [0.5, 0.6) is 0 Å². The van der Waals surface area contributed by atoms with Gasteiger partial charge in [0, 0.05) is 19.3 Å². The van der Waals surface area contributed by atoms with Crippen molar-refractivity contribution in [1.29, 1.82) is 0 Å².